The maximum absolute atomic E-state index is 14.9. The molecule has 4 saturated carbocycles. The van der Waals surface area contributed by atoms with E-state index in [4.69, 9.17) is 4.74 Å². The van der Waals surface area contributed by atoms with Crippen LogP contribution in [0.3, 0.4) is 0 Å². The summed E-state index contributed by atoms with van der Waals surface area (Å²) in [5.41, 5.74) is 0. The standard InChI is InChI=1S/C33H46F6O2/c1-21-2-4-22(5-3-21)23-6-8-24(9-7-23)25-10-12-26(13-11-25)27-14-16-28(17-15-27)32(35,36)40-29-18-19-31(30(34)20-29)41-33(37,38)39/h18-28H,2-17H2,1H3. The van der Waals surface area contributed by atoms with Crippen molar-refractivity contribution in [2.75, 3.05) is 0 Å². The van der Waals surface area contributed by atoms with E-state index in [-0.39, 0.29) is 0 Å². The van der Waals surface area contributed by atoms with E-state index >= 15 is 0 Å². The lowest BCUT2D eigenvalue weighted by molar-refractivity contribution is -0.275. The van der Waals surface area contributed by atoms with Gasteiger partial charge in [0.05, 0.1) is 5.92 Å². The Morgan fingerprint density at radius 3 is 1.34 bits per heavy atom. The summed E-state index contributed by atoms with van der Waals surface area (Å²) in [6, 6.07) is 2.05. The molecule has 41 heavy (non-hydrogen) atoms. The lowest BCUT2D eigenvalue weighted by atomic mass is 9.63. The third-order valence-corrected chi connectivity index (χ3v) is 11.3. The largest absolute Gasteiger partial charge is 0.573 e. The number of halogens is 6. The zero-order valence-corrected chi connectivity index (χ0v) is 24.2. The van der Waals surface area contributed by atoms with E-state index in [2.05, 4.69) is 11.7 Å². The van der Waals surface area contributed by atoms with Gasteiger partial charge in [-0.05, 0) is 143 Å². The molecule has 0 saturated heterocycles. The highest BCUT2D eigenvalue weighted by atomic mass is 19.4. The molecule has 232 valence electrons. The Hall–Kier alpha value is -1.60. The normalized spacial score (nSPS) is 35.6. The molecule has 1 aromatic carbocycles. The highest BCUT2D eigenvalue weighted by Gasteiger charge is 2.45. The third-order valence-electron chi connectivity index (χ3n) is 11.3. The van der Waals surface area contributed by atoms with Gasteiger partial charge in [-0.3, -0.25) is 0 Å². The second kappa shape index (κ2) is 13.0. The number of hydrogen-bond donors (Lipinski definition) is 0. The fourth-order valence-electron chi connectivity index (χ4n) is 8.85. The van der Waals surface area contributed by atoms with Crippen LogP contribution in [-0.2, 0) is 0 Å². The molecular weight excluding hydrogens is 542 g/mol. The van der Waals surface area contributed by atoms with Crippen LogP contribution in [0.2, 0.25) is 0 Å². The van der Waals surface area contributed by atoms with Crippen molar-refractivity contribution in [3.63, 3.8) is 0 Å². The predicted molar refractivity (Wildman–Crippen MR) is 146 cm³/mol. The monoisotopic (exact) mass is 588 g/mol. The first kappa shape index (κ1) is 30.8. The number of alkyl halides is 5. The van der Waals surface area contributed by atoms with Crippen LogP contribution in [0.15, 0.2) is 18.2 Å². The van der Waals surface area contributed by atoms with Gasteiger partial charge >= 0.3 is 12.5 Å². The van der Waals surface area contributed by atoms with Gasteiger partial charge in [0, 0.05) is 6.07 Å². The minimum absolute atomic E-state index is 0.333. The molecule has 0 unspecified atom stereocenters. The lowest BCUT2D eigenvalue weighted by Gasteiger charge is -2.43. The van der Waals surface area contributed by atoms with Crippen molar-refractivity contribution < 1.29 is 35.8 Å². The van der Waals surface area contributed by atoms with Gasteiger partial charge in [-0.1, -0.05) is 19.8 Å². The van der Waals surface area contributed by atoms with Crippen molar-refractivity contribution in [3.8, 4) is 11.5 Å². The van der Waals surface area contributed by atoms with E-state index in [1.54, 1.807) is 0 Å². The van der Waals surface area contributed by atoms with Crippen LogP contribution in [-0.4, -0.2) is 12.5 Å². The first-order valence-electron chi connectivity index (χ1n) is 16.1. The number of rotatable bonds is 7. The van der Waals surface area contributed by atoms with Gasteiger partial charge in [-0.15, -0.1) is 13.2 Å². The Kier molecular flexibility index (Phi) is 9.74. The molecule has 4 aliphatic rings. The molecule has 0 aromatic heterocycles. The number of hydrogen-bond acceptors (Lipinski definition) is 2. The second-order valence-corrected chi connectivity index (χ2v) is 13.8. The van der Waals surface area contributed by atoms with Gasteiger partial charge in [0.2, 0.25) is 0 Å². The van der Waals surface area contributed by atoms with Crippen molar-refractivity contribution in [2.45, 2.75) is 122 Å². The Bertz CT molecular complexity index is 964. The van der Waals surface area contributed by atoms with Crippen molar-refractivity contribution in [3.05, 3.63) is 24.0 Å². The SMILES string of the molecule is CC1CCC(C2CCC(C3CCC(C4CCC(C(F)(F)Oc5ccc(OC(F)(F)F)c(F)c5)CC4)CC3)CC2)CC1. The summed E-state index contributed by atoms with van der Waals surface area (Å²) >= 11 is 0. The van der Waals surface area contributed by atoms with Crippen LogP contribution < -0.4 is 9.47 Å². The maximum atomic E-state index is 14.9. The number of ether oxygens (including phenoxy) is 2. The molecule has 0 spiro atoms. The fourth-order valence-corrected chi connectivity index (χ4v) is 8.85. The maximum Gasteiger partial charge on any atom is 0.573 e. The summed E-state index contributed by atoms with van der Waals surface area (Å²) < 4.78 is 89.2. The van der Waals surface area contributed by atoms with E-state index in [1.807, 2.05) is 0 Å². The van der Waals surface area contributed by atoms with Crippen LogP contribution in [0.25, 0.3) is 0 Å². The van der Waals surface area contributed by atoms with E-state index in [0.29, 0.717) is 36.8 Å². The quantitative estimate of drug-likeness (QED) is 0.295. The zero-order valence-electron chi connectivity index (χ0n) is 24.2. The Morgan fingerprint density at radius 1 is 0.561 bits per heavy atom. The summed E-state index contributed by atoms with van der Waals surface area (Å²) in [6.07, 6.45) is 9.85. The molecule has 0 N–H and O–H groups in total. The van der Waals surface area contributed by atoms with Crippen LogP contribution >= 0.6 is 0 Å². The molecule has 5 rings (SSSR count). The van der Waals surface area contributed by atoms with Gasteiger partial charge in [0.1, 0.15) is 5.75 Å². The molecular formula is C33H46F6O2. The predicted octanol–water partition coefficient (Wildman–Crippen LogP) is 10.9. The van der Waals surface area contributed by atoms with Gasteiger partial charge in [-0.25, -0.2) is 4.39 Å². The fraction of sp³-hybridized carbons (Fsp3) is 0.818. The average molecular weight is 589 g/mol. The average Bonchev–Trinajstić information content (AvgIpc) is 2.94. The van der Waals surface area contributed by atoms with Crippen LogP contribution in [0.4, 0.5) is 26.3 Å². The molecule has 4 aliphatic carbocycles. The van der Waals surface area contributed by atoms with Crippen molar-refractivity contribution >= 4 is 0 Å². The summed E-state index contributed by atoms with van der Waals surface area (Å²) in [7, 11) is 0. The highest BCUT2D eigenvalue weighted by Crippen LogP contribution is 2.49. The molecule has 0 heterocycles. The smallest absolute Gasteiger partial charge is 0.432 e. The molecule has 1 aromatic rings. The van der Waals surface area contributed by atoms with Crippen molar-refractivity contribution in [2.24, 2.45) is 47.3 Å². The zero-order chi connectivity index (χ0) is 29.2. The van der Waals surface area contributed by atoms with Gasteiger partial charge in [0.15, 0.2) is 11.6 Å². The minimum Gasteiger partial charge on any atom is -0.432 e. The summed E-state index contributed by atoms with van der Waals surface area (Å²) in [5.74, 6) is 1.63. The van der Waals surface area contributed by atoms with Crippen molar-refractivity contribution in [1.82, 2.24) is 0 Å². The molecule has 0 atom stereocenters. The Balaban J connectivity index is 1.03. The highest BCUT2D eigenvalue weighted by molar-refractivity contribution is 5.33. The molecule has 0 amide bonds. The Morgan fingerprint density at radius 2 is 0.951 bits per heavy atom. The first-order chi connectivity index (χ1) is 19.5. The summed E-state index contributed by atoms with van der Waals surface area (Å²) in [5, 5.41) is 0. The lowest BCUT2D eigenvalue weighted by Crippen LogP contribution is -2.38. The molecule has 2 nitrogen and oxygen atoms in total. The topological polar surface area (TPSA) is 18.5 Å². The summed E-state index contributed by atoms with van der Waals surface area (Å²) in [4.78, 5) is 0. The van der Waals surface area contributed by atoms with E-state index in [0.717, 1.165) is 48.5 Å². The van der Waals surface area contributed by atoms with Gasteiger partial charge < -0.3 is 9.47 Å². The molecule has 0 radical (unpaired) electrons. The van der Waals surface area contributed by atoms with Crippen molar-refractivity contribution in [1.29, 1.82) is 0 Å². The Labute approximate surface area is 240 Å². The van der Waals surface area contributed by atoms with E-state index in [1.165, 1.54) is 77.0 Å². The second-order valence-electron chi connectivity index (χ2n) is 13.8. The van der Waals surface area contributed by atoms with Crippen LogP contribution in [0.1, 0.15) is 110 Å². The van der Waals surface area contributed by atoms with E-state index in [9.17, 15) is 26.3 Å². The van der Waals surface area contributed by atoms with Crippen LogP contribution in [0, 0.1) is 53.2 Å². The van der Waals surface area contributed by atoms with Gasteiger partial charge in [0.25, 0.3) is 0 Å². The molecule has 0 aliphatic heterocycles. The molecule has 4 fully saturated rings. The minimum atomic E-state index is -5.07. The van der Waals surface area contributed by atoms with Crippen LogP contribution in [0.5, 0.6) is 11.5 Å². The number of benzene rings is 1. The van der Waals surface area contributed by atoms with Gasteiger partial charge in [-0.2, -0.15) is 8.78 Å². The summed E-state index contributed by atoms with van der Waals surface area (Å²) in [6.45, 7) is 2.40. The third kappa shape index (κ3) is 8.07. The molecule has 0 bridgehead atoms. The molecule has 8 heteroatoms. The first-order valence-corrected chi connectivity index (χ1v) is 16.1. The van der Waals surface area contributed by atoms with E-state index < -0.39 is 35.7 Å².